The van der Waals surface area contributed by atoms with Gasteiger partial charge in [-0.2, -0.15) is 11.8 Å². The van der Waals surface area contributed by atoms with Gasteiger partial charge in [-0.05, 0) is 36.5 Å². The maximum atomic E-state index is 11.9. The highest BCUT2D eigenvalue weighted by Crippen LogP contribution is 2.09. The molecule has 0 aromatic heterocycles. The van der Waals surface area contributed by atoms with E-state index in [0.717, 1.165) is 0 Å². The van der Waals surface area contributed by atoms with E-state index < -0.39 is 0 Å². The molecule has 0 heterocycles. The number of rotatable bonds is 8. The maximum Gasteiger partial charge on any atom is 0.123 e. The topological polar surface area (TPSA) is 0 Å². The van der Waals surface area contributed by atoms with Crippen molar-refractivity contribution >= 4 is 11.8 Å². The molecule has 0 fully saturated rings. The normalized spacial score (nSPS) is 9.72. The first-order chi connectivity index (χ1) is 8.81. The molecule has 18 heavy (non-hydrogen) atoms. The average molecular weight is 270 g/mol. The first kappa shape index (κ1) is 17.5. The highest BCUT2D eigenvalue weighted by Gasteiger charge is 1.89. The van der Waals surface area contributed by atoms with Crippen molar-refractivity contribution in [3.8, 4) is 0 Å². The molecule has 0 radical (unpaired) electrons. The number of unbranched alkanes of at least 4 members (excludes halogenated alkanes) is 4. The highest BCUT2D eigenvalue weighted by molar-refractivity contribution is 7.99. The lowest BCUT2D eigenvalue weighted by molar-refractivity contribution is 0.628. The van der Waals surface area contributed by atoms with Gasteiger partial charge in [0.15, 0.2) is 0 Å². The summed E-state index contributed by atoms with van der Waals surface area (Å²) in [6, 6.07) is 7.94. The molecular weight excluding hydrogens is 243 g/mol. The zero-order valence-electron chi connectivity index (χ0n) is 11.8. The van der Waals surface area contributed by atoms with E-state index in [1.165, 1.54) is 62.2 Å². The molecule has 0 saturated carbocycles. The molecule has 0 spiro atoms. The van der Waals surface area contributed by atoms with Crippen LogP contribution in [0.2, 0.25) is 0 Å². The summed E-state index contributed by atoms with van der Waals surface area (Å²) >= 11 is 2.13. The summed E-state index contributed by atoms with van der Waals surface area (Å²) < 4.78 is 11.9. The number of benzene rings is 1. The molecule has 0 amide bonds. The summed E-state index contributed by atoms with van der Waals surface area (Å²) in [7, 11) is 0. The third kappa shape index (κ3) is 13.6. The van der Waals surface area contributed by atoms with Crippen LogP contribution in [0.1, 0.15) is 52.4 Å². The molecule has 0 aliphatic heterocycles. The molecule has 0 nitrogen and oxygen atoms in total. The van der Waals surface area contributed by atoms with Crippen LogP contribution in [-0.4, -0.2) is 11.5 Å². The summed E-state index contributed by atoms with van der Waals surface area (Å²) in [5, 5.41) is 0. The van der Waals surface area contributed by atoms with Gasteiger partial charge in [-0.25, -0.2) is 4.39 Å². The van der Waals surface area contributed by atoms with Crippen molar-refractivity contribution in [2.24, 2.45) is 0 Å². The third-order valence-electron chi connectivity index (χ3n) is 2.52. The second kappa shape index (κ2) is 14.6. The molecular formula is C16H27FS. The smallest absolute Gasteiger partial charge is 0.123 e. The van der Waals surface area contributed by atoms with Crippen molar-refractivity contribution < 1.29 is 4.39 Å². The molecule has 0 unspecified atom stereocenters. The molecule has 2 heteroatoms. The number of hydrogen-bond donors (Lipinski definition) is 0. The van der Waals surface area contributed by atoms with E-state index in [-0.39, 0.29) is 5.82 Å². The summed E-state index contributed by atoms with van der Waals surface area (Å²) in [5.41, 5.74) is 0. The molecule has 1 aromatic rings. The molecule has 1 aromatic carbocycles. The minimum absolute atomic E-state index is 0.178. The van der Waals surface area contributed by atoms with Gasteiger partial charge in [-0.1, -0.05) is 57.7 Å². The molecule has 1 rings (SSSR count). The predicted octanol–water partition coefficient (Wildman–Crippen LogP) is 5.93. The lowest BCUT2D eigenvalue weighted by atomic mass is 10.3. The Morgan fingerprint density at radius 1 is 0.833 bits per heavy atom. The summed E-state index contributed by atoms with van der Waals surface area (Å²) in [5.74, 6) is 2.59. The van der Waals surface area contributed by atoms with Gasteiger partial charge in [0, 0.05) is 0 Å². The van der Waals surface area contributed by atoms with Crippen molar-refractivity contribution in [2.45, 2.75) is 52.4 Å². The van der Waals surface area contributed by atoms with E-state index in [1.54, 1.807) is 18.2 Å². The average Bonchev–Trinajstić information content (AvgIpc) is 2.39. The van der Waals surface area contributed by atoms with E-state index in [1.807, 2.05) is 0 Å². The van der Waals surface area contributed by atoms with Crippen molar-refractivity contribution in [3.05, 3.63) is 36.1 Å². The summed E-state index contributed by atoms with van der Waals surface area (Å²) in [4.78, 5) is 0. The molecule has 0 aliphatic rings. The van der Waals surface area contributed by atoms with Gasteiger partial charge >= 0.3 is 0 Å². The molecule has 104 valence electrons. The number of hydrogen-bond acceptors (Lipinski definition) is 1. The van der Waals surface area contributed by atoms with Crippen LogP contribution >= 0.6 is 11.8 Å². The quantitative estimate of drug-likeness (QED) is 0.528. The van der Waals surface area contributed by atoms with E-state index >= 15 is 0 Å². The van der Waals surface area contributed by atoms with Crippen molar-refractivity contribution in [1.29, 1.82) is 0 Å². The summed E-state index contributed by atoms with van der Waals surface area (Å²) in [6.45, 7) is 4.53. The highest BCUT2D eigenvalue weighted by atomic mass is 32.2. The Morgan fingerprint density at radius 2 is 1.33 bits per heavy atom. The van der Waals surface area contributed by atoms with Crippen molar-refractivity contribution in [1.82, 2.24) is 0 Å². The van der Waals surface area contributed by atoms with Crippen LogP contribution in [-0.2, 0) is 0 Å². The van der Waals surface area contributed by atoms with E-state index in [0.29, 0.717) is 0 Å². The monoisotopic (exact) mass is 270 g/mol. The first-order valence-corrected chi connectivity index (χ1v) is 8.25. The van der Waals surface area contributed by atoms with Gasteiger partial charge < -0.3 is 0 Å². The Balaban J connectivity index is 0.000000351. The zero-order valence-corrected chi connectivity index (χ0v) is 12.6. The third-order valence-corrected chi connectivity index (χ3v) is 3.67. The minimum Gasteiger partial charge on any atom is -0.207 e. The van der Waals surface area contributed by atoms with Crippen LogP contribution in [0.25, 0.3) is 0 Å². The number of halogens is 1. The second-order valence-electron chi connectivity index (χ2n) is 4.32. The fraction of sp³-hybridized carbons (Fsp3) is 0.625. The van der Waals surface area contributed by atoms with Gasteiger partial charge in [0.2, 0.25) is 0 Å². The Labute approximate surface area is 116 Å². The van der Waals surface area contributed by atoms with Crippen LogP contribution in [0.3, 0.4) is 0 Å². The molecule has 0 aliphatic carbocycles. The van der Waals surface area contributed by atoms with Crippen LogP contribution in [0.15, 0.2) is 30.3 Å². The standard InChI is InChI=1S/C10H22S.C6H5F/c1-3-5-7-9-11-10-8-6-4-2;7-6-4-2-1-3-5-6/h3-10H2,1-2H3;1-5H. The van der Waals surface area contributed by atoms with E-state index in [4.69, 9.17) is 0 Å². The first-order valence-electron chi connectivity index (χ1n) is 7.09. The minimum atomic E-state index is -0.178. The Morgan fingerprint density at radius 3 is 1.67 bits per heavy atom. The molecule has 0 atom stereocenters. The Bertz CT molecular complexity index is 241. The number of thioether (sulfide) groups is 1. The van der Waals surface area contributed by atoms with Crippen LogP contribution in [0.4, 0.5) is 4.39 Å². The van der Waals surface area contributed by atoms with Gasteiger partial charge in [-0.15, -0.1) is 0 Å². The predicted molar refractivity (Wildman–Crippen MR) is 82.8 cm³/mol. The lowest BCUT2D eigenvalue weighted by Crippen LogP contribution is -1.83. The van der Waals surface area contributed by atoms with Gasteiger partial charge in [-0.3, -0.25) is 0 Å². The Hall–Kier alpha value is -0.500. The molecule has 0 N–H and O–H groups in total. The fourth-order valence-corrected chi connectivity index (χ4v) is 2.45. The van der Waals surface area contributed by atoms with E-state index in [2.05, 4.69) is 25.6 Å². The lowest BCUT2D eigenvalue weighted by Gasteiger charge is -1.99. The van der Waals surface area contributed by atoms with Gasteiger partial charge in [0.1, 0.15) is 5.82 Å². The largest absolute Gasteiger partial charge is 0.207 e. The van der Waals surface area contributed by atoms with Crippen LogP contribution in [0.5, 0.6) is 0 Å². The maximum absolute atomic E-state index is 11.9. The van der Waals surface area contributed by atoms with Crippen LogP contribution < -0.4 is 0 Å². The SMILES string of the molecule is CCCCCSCCCCC.Fc1ccccc1. The van der Waals surface area contributed by atoms with Crippen LogP contribution in [0, 0.1) is 5.82 Å². The van der Waals surface area contributed by atoms with Gasteiger partial charge in [0.05, 0.1) is 0 Å². The summed E-state index contributed by atoms with van der Waals surface area (Å²) in [6.07, 6.45) is 8.40. The fourth-order valence-electron chi connectivity index (χ4n) is 1.42. The Kier molecular flexibility index (Phi) is 14.2. The zero-order chi connectivity index (χ0) is 13.5. The van der Waals surface area contributed by atoms with Gasteiger partial charge in [0.25, 0.3) is 0 Å². The second-order valence-corrected chi connectivity index (χ2v) is 5.55. The van der Waals surface area contributed by atoms with Crippen molar-refractivity contribution in [2.75, 3.05) is 11.5 Å². The molecule has 0 saturated heterocycles. The van der Waals surface area contributed by atoms with E-state index in [9.17, 15) is 4.39 Å². The van der Waals surface area contributed by atoms with Crippen molar-refractivity contribution in [3.63, 3.8) is 0 Å². The molecule has 0 bridgehead atoms.